The standard InChI is InChI=1S/C9H18N2O2S/c1-4-5-6-14(12,13)11-9(7-10)8(2)3/h8-9,11H,4-6H2,1-3H3. The van der Waals surface area contributed by atoms with E-state index in [1.807, 2.05) is 26.8 Å². The molecule has 4 nitrogen and oxygen atoms in total. The molecule has 0 aromatic rings. The summed E-state index contributed by atoms with van der Waals surface area (Å²) in [7, 11) is -3.27. The van der Waals surface area contributed by atoms with Gasteiger partial charge in [-0.25, -0.2) is 8.42 Å². The van der Waals surface area contributed by atoms with E-state index in [4.69, 9.17) is 5.26 Å². The quantitative estimate of drug-likeness (QED) is 0.729. The highest BCUT2D eigenvalue weighted by Crippen LogP contribution is 2.03. The van der Waals surface area contributed by atoms with Crippen LogP contribution < -0.4 is 4.72 Å². The molecule has 0 rings (SSSR count). The monoisotopic (exact) mass is 218 g/mol. The number of hydrogen-bond donors (Lipinski definition) is 1. The van der Waals surface area contributed by atoms with E-state index in [-0.39, 0.29) is 11.7 Å². The Morgan fingerprint density at radius 1 is 1.43 bits per heavy atom. The Morgan fingerprint density at radius 2 is 2.00 bits per heavy atom. The zero-order valence-electron chi connectivity index (χ0n) is 8.95. The summed E-state index contributed by atoms with van der Waals surface area (Å²) in [5, 5.41) is 8.71. The second-order valence-corrected chi connectivity index (χ2v) is 5.51. The average Bonchev–Trinajstić information content (AvgIpc) is 2.10. The van der Waals surface area contributed by atoms with Crippen molar-refractivity contribution in [3.63, 3.8) is 0 Å². The summed E-state index contributed by atoms with van der Waals surface area (Å²) in [6.07, 6.45) is 1.46. The normalized spacial score (nSPS) is 13.9. The van der Waals surface area contributed by atoms with Gasteiger partial charge in [0.25, 0.3) is 0 Å². The molecule has 0 aromatic carbocycles. The van der Waals surface area contributed by atoms with Gasteiger partial charge in [0.1, 0.15) is 6.04 Å². The van der Waals surface area contributed by atoms with Crippen LogP contribution >= 0.6 is 0 Å². The summed E-state index contributed by atoms with van der Waals surface area (Å²) in [6, 6.07) is 1.33. The summed E-state index contributed by atoms with van der Waals surface area (Å²) in [5.74, 6) is 0.102. The summed E-state index contributed by atoms with van der Waals surface area (Å²) < 4.78 is 25.2. The van der Waals surface area contributed by atoms with Crippen LogP contribution in [-0.4, -0.2) is 20.2 Å². The topological polar surface area (TPSA) is 70.0 Å². The summed E-state index contributed by atoms with van der Waals surface area (Å²) in [5.41, 5.74) is 0. The van der Waals surface area contributed by atoms with Gasteiger partial charge in [0.15, 0.2) is 0 Å². The summed E-state index contributed by atoms with van der Waals surface area (Å²) >= 11 is 0. The van der Waals surface area contributed by atoms with Crippen LogP contribution in [0.4, 0.5) is 0 Å². The maximum atomic E-state index is 11.4. The third kappa shape index (κ3) is 5.20. The summed E-state index contributed by atoms with van der Waals surface area (Å²) in [4.78, 5) is 0. The van der Waals surface area contributed by atoms with Gasteiger partial charge in [-0.05, 0) is 12.3 Å². The SMILES string of the molecule is CCCCS(=O)(=O)NC(C#N)C(C)C. The maximum absolute atomic E-state index is 11.4. The van der Waals surface area contributed by atoms with E-state index in [1.54, 1.807) is 0 Å². The van der Waals surface area contributed by atoms with Gasteiger partial charge >= 0.3 is 0 Å². The van der Waals surface area contributed by atoms with E-state index in [0.29, 0.717) is 6.42 Å². The van der Waals surface area contributed by atoms with E-state index in [0.717, 1.165) is 6.42 Å². The van der Waals surface area contributed by atoms with Gasteiger partial charge in [0, 0.05) is 0 Å². The lowest BCUT2D eigenvalue weighted by molar-refractivity contribution is 0.514. The van der Waals surface area contributed by atoms with Crippen molar-refractivity contribution in [1.29, 1.82) is 5.26 Å². The number of rotatable bonds is 6. The molecule has 82 valence electrons. The number of nitrogens with one attached hydrogen (secondary N) is 1. The predicted molar refractivity (Wildman–Crippen MR) is 56.1 cm³/mol. The molecule has 0 fully saturated rings. The van der Waals surface area contributed by atoms with Crippen molar-refractivity contribution in [2.45, 2.75) is 39.7 Å². The minimum atomic E-state index is -3.27. The molecule has 14 heavy (non-hydrogen) atoms. The zero-order valence-corrected chi connectivity index (χ0v) is 9.76. The molecule has 0 aliphatic carbocycles. The van der Waals surface area contributed by atoms with Crippen LogP contribution in [0.1, 0.15) is 33.6 Å². The lowest BCUT2D eigenvalue weighted by Gasteiger charge is -2.14. The van der Waals surface area contributed by atoms with Crippen LogP contribution in [0, 0.1) is 17.2 Å². The number of hydrogen-bond acceptors (Lipinski definition) is 3. The molecular formula is C9H18N2O2S. The van der Waals surface area contributed by atoms with E-state index in [9.17, 15) is 8.42 Å². The first-order valence-corrected chi connectivity index (χ1v) is 6.47. The fourth-order valence-electron chi connectivity index (χ4n) is 0.898. The van der Waals surface area contributed by atoms with Crippen molar-refractivity contribution in [2.75, 3.05) is 5.75 Å². The molecule has 1 atom stereocenters. The van der Waals surface area contributed by atoms with Crippen LogP contribution in [0.15, 0.2) is 0 Å². The fourth-order valence-corrected chi connectivity index (χ4v) is 2.40. The first kappa shape index (κ1) is 13.4. The molecule has 0 amide bonds. The van der Waals surface area contributed by atoms with Gasteiger partial charge in [-0.2, -0.15) is 9.98 Å². The van der Waals surface area contributed by atoms with Gasteiger partial charge in [-0.3, -0.25) is 0 Å². The lowest BCUT2D eigenvalue weighted by atomic mass is 10.1. The van der Waals surface area contributed by atoms with Gasteiger partial charge < -0.3 is 0 Å². The maximum Gasteiger partial charge on any atom is 0.212 e. The Kier molecular flexibility index (Phi) is 5.73. The van der Waals surface area contributed by atoms with Crippen molar-refractivity contribution in [3.8, 4) is 6.07 Å². The predicted octanol–water partition coefficient (Wildman–Crippen LogP) is 1.25. The second-order valence-electron chi connectivity index (χ2n) is 3.64. The number of unbranched alkanes of at least 4 members (excludes halogenated alkanes) is 1. The third-order valence-electron chi connectivity index (χ3n) is 1.88. The third-order valence-corrected chi connectivity index (χ3v) is 3.32. The molecule has 0 aliphatic heterocycles. The van der Waals surface area contributed by atoms with Crippen LogP contribution in [-0.2, 0) is 10.0 Å². The zero-order chi connectivity index (χ0) is 11.2. The van der Waals surface area contributed by atoms with Crippen LogP contribution in [0.3, 0.4) is 0 Å². The van der Waals surface area contributed by atoms with Crippen LogP contribution in [0.5, 0.6) is 0 Å². The number of sulfonamides is 1. The molecule has 0 aromatic heterocycles. The van der Waals surface area contributed by atoms with Gasteiger partial charge in [0.05, 0.1) is 11.8 Å². The Bertz CT molecular complexity index is 290. The highest BCUT2D eigenvalue weighted by molar-refractivity contribution is 7.89. The molecule has 1 N–H and O–H groups in total. The largest absolute Gasteiger partial charge is 0.212 e. The van der Waals surface area contributed by atoms with Crippen LogP contribution in [0.25, 0.3) is 0 Å². The summed E-state index contributed by atoms with van der Waals surface area (Å²) in [6.45, 7) is 5.56. The molecule has 0 heterocycles. The number of nitrogens with zero attached hydrogens (tertiary/aromatic N) is 1. The van der Waals surface area contributed by atoms with Gasteiger partial charge in [-0.15, -0.1) is 0 Å². The van der Waals surface area contributed by atoms with Crippen LogP contribution in [0.2, 0.25) is 0 Å². The highest BCUT2D eigenvalue weighted by Gasteiger charge is 2.19. The molecule has 1 unspecified atom stereocenters. The van der Waals surface area contributed by atoms with Crippen molar-refractivity contribution >= 4 is 10.0 Å². The van der Waals surface area contributed by atoms with Crippen molar-refractivity contribution < 1.29 is 8.42 Å². The van der Waals surface area contributed by atoms with E-state index in [2.05, 4.69) is 4.72 Å². The minimum Gasteiger partial charge on any atom is -0.212 e. The first-order chi connectivity index (χ1) is 6.43. The Morgan fingerprint density at radius 3 is 2.36 bits per heavy atom. The number of nitriles is 1. The Hall–Kier alpha value is -0.600. The fraction of sp³-hybridized carbons (Fsp3) is 0.889. The van der Waals surface area contributed by atoms with E-state index in [1.165, 1.54) is 0 Å². The lowest BCUT2D eigenvalue weighted by Crippen LogP contribution is -2.38. The molecule has 0 saturated carbocycles. The van der Waals surface area contributed by atoms with Crippen molar-refractivity contribution in [3.05, 3.63) is 0 Å². The Labute approximate surface area is 86.4 Å². The highest BCUT2D eigenvalue weighted by atomic mass is 32.2. The van der Waals surface area contributed by atoms with Crippen molar-refractivity contribution in [2.24, 2.45) is 5.92 Å². The van der Waals surface area contributed by atoms with E-state index >= 15 is 0 Å². The van der Waals surface area contributed by atoms with E-state index < -0.39 is 16.1 Å². The molecule has 0 bridgehead atoms. The molecule has 0 saturated heterocycles. The smallest absolute Gasteiger partial charge is 0.212 e. The molecule has 0 aliphatic rings. The minimum absolute atomic E-state index is 0.00333. The molecule has 0 spiro atoms. The molecule has 0 radical (unpaired) electrons. The average molecular weight is 218 g/mol. The van der Waals surface area contributed by atoms with Gasteiger partial charge in [0.2, 0.25) is 10.0 Å². The molecule has 5 heteroatoms. The van der Waals surface area contributed by atoms with Gasteiger partial charge in [-0.1, -0.05) is 27.2 Å². The first-order valence-electron chi connectivity index (χ1n) is 4.82. The van der Waals surface area contributed by atoms with Crippen molar-refractivity contribution in [1.82, 2.24) is 4.72 Å². The second kappa shape index (κ2) is 5.99. The molecular weight excluding hydrogens is 200 g/mol. The Balaban J connectivity index is 4.28.